The van der Waals surface area contributed by atoms with Crippen molar-refractivity contribution in [3.8, 4) is 0 Å². The van der Waals surface area contributed by atoms with Gasteiger partial charge in [0.1, 0.15) is 5.78 Å². The van der Waals surface area contributed by atoms with Gasteiger partial charge in [-0.2, -0.15) is 0 Å². The summed E-state index contributed by atoms with van der Waals surface area (Å²) in [5, 5.41) is 20.8. The van der Waals surface area contributed by atoms with Gasteiger partial charge in [-0.3, -0.25) is 4.79 Å². The lowest BCUT2D eigenvalue weighted by atomic mass is 9.44. The Bertz CT molecular complexity index is 728. The maximum absolute atomic E-state index is 13.3. The van der Waals surface area contributed by atoms with Gasteiger partial charge < -0.3 is 10.2 Å². The average Bonchev–Trinajstić information content (AvgIpc) is 3.07. The maximum atomic E-state index is 13.3. The van der Waals surface area contributed by atoms with E-state index in [1.165, 1.54) is 32.1 Å². The molecule has 11 atom stereocenters. The standard InChI is InChI=1S/C29H48O3/c1-7-19(17(2)3)9-8-18(4)21-10-11-22-20-14-25(30)24-15-26(31)27(32)16-29(24,6)23(20)12-13-28(21,22)5/h8-9,17-24,26-27,31-32H,7,10-16H2,1-6H3/b9-8+/t18-,19-,20?,21-,22?,23?,24-,26+,27+,28-,29-/m1/s1. The number of aliphatic hydroxyl groups excluding tert-OH is 2. The number of carbonyl (C=O) groups is 1. The van der Waals surface area contributed by atoms with Crippen LogP contribution in [0.25, 0.3) is 0 Å². The van der Waals surface area contributed by atoms with E-state index in [2.05, 4.69) is 53.7 Å². The molecule has 0 aliphatic heterocycles. The highest BCUT2D eigenvalue weighted by molar-refractivity contribution is 5.83. The van der Waals surface area contributed by atoms with E-state index in [0.29, 0.717) is 71.9 Å². The van der Waals surface area contributed by atoms with Crippen molar-refractivity contribution in [1.29, 1.82) is 0 Å². The molecule has 32 heavy (non-hydrogen) atoms. The van der Waals surface area contributed by atoms with Crippen molar-refractivity contribution in [1.82, 2.24) is 0 Å². The Balaban J connectivity index is 1.55. The number of Topliss-reactive ketones (excluding diaryl/α,β-unsaturated/α-hetero) is 1. The fourth-order valence-electron chi connectivity index (χ4n) is 9.26. The number of hydrogen-bond donors (Lipinski definition) is 2. The third-order valence-electron chi connectivity index (χ3n) is 11.2. The monoisotopic (exact) mass is 444 g/mol. The molecule has 0 aromatic carbocycles. The van der Waals surface area contributed by atoms with Crippen LogP contribution in [0, 0.1) is 58.2 Å². The first-order valence-corrected chi connectivity index (χ1v) is 13.6. The molecule has 3 unspecified atom stereocenters. The molecule has 4 aliphatic rings. The van der Waals surface area contributed by atoms with Gasteiger partial charge in [0, 0.05) is 12.3 Å². The Morgan fingerprint density at radius 3 is 2.34 bits per heavy atom. The predicted molar refractivity (Wildman–Crippen MR) is 130 cm³/mol. The fraction of sp³-hybridized carbons (Fsp3) is 0.897. The van der Waals surface area contributed by atoms with Gasteiger partial charge in [-0.25, -0.2) is 0 Å². The van der Waals surface area contributed by atoms with Crippen molar-refractivity contribution in [2.75, 3.05) is 0 Å². The Hall–Kier alpha value is -0.670. The molecule has 0 bridgehead atoms. The normalized spacial score (nSPS) is 48.4. The number of hydrogen-bond acceptors (Lipinski definition) is 3. The van der Waals surface area contributed by atoms with Gasteiger partial charge in [0.25, 0.3) is 0 Å². The summed E-state index contributed by atoms with van der Waals surface area (Å²) in [4.78, 5) is 13.3. The van der Waals surface area contributed by atoms with E-state index in [-0.39, 0.29) is 11.3 Å². The lowest BCUT2D eigenvalue weighted by Crippen LogP contribution is -2.59. The van der Waals surface area contributed by atoms with Crippen molar-refractivity contribution in [2.45, 2.75) is 105 Å². The molecule has 4 aliphatic carbocycles. The molecule has 0 heterocycles. The number of allylic oxidation sites excluding steroid dienone is 2. The highest BCUT2D eigenvalue weighted by atomic mass is 16.3. The molecule has 0 aromatic rings. The Kier molecular flexibility index (Phi) is 6.75. The zero-order valence-corrected chi connectivity index (χ0v) is 21.4. The first-order valence-electron chi connectivity index (χ1n) is 13.6. The lowest BCUT2D eigenvalue weighted by Gasteiger charge is -2.60. The van der Waals surface area contributed by atoms with E-state index in [1.54, 1.807) is 0 Å². The first kappa shape index (κ1) is 24.5. The second kappa shape index (κ2) is 8.84. The number of fused-ring (bicyclic) bond motifs is 5. The van der Waals surface area contributed by atoms with Crippen molar-refractivity contribution in [3.05, 3.63) is 12.2 Å². The van der Waals surface area contributed by atoms with Crippen molar-refractivity contribution in [3.63, 3.8) is 0 Å². The van der Waals surface area contributed by atoms with Gasteiger partial charge in [0.05, 0.1) is 12.2 Å². The van der Waals surface area contributed by atoms with Gasteiger partial charge in [0.2, 0.25) is 0 Å². The van der Waals surface area contributed by atoms with Gasteiger partial charge in [-0.1, -0.05) is 53.7 Å². The van der Waals surface area contributed by atoms with Crippen LogP contribution >= 0.6 is 0 Å². The van der Waals surface area contributed by atoms with Crippen LogP contribution < -0.4 is 0 Å². The zero-order chi connectivity index (χ0) is 23.4. The third kappa shape index (κ3) is 3.84. The van der Waals surface area contributed by atoms with Crippen LogP contribution in [-0.4, -0.2) is 28.2 Å². The molecule has 0 spiro atoms. The van der Waals surface area contributed by atoms with E-state index in [4.69, 9.17) is 0 Å². The molecule has 4 fully saturated rings. The van der Waals surface area contributed by atoms with E-state index in [1.807, 2.05) is 0 Å². The number of rotatable bonds is 5. The molecule has 3 nitrogen and oxygen atoms in total. The molecule has 182 valence electrons. The van der Waals surface area contributed by atoms with Crippen LogP contribution in [0.4, 0.5) is 0 Å². The smallest absolute Gasteiger partial charge is 0.136 e. The summed E-state index contributed by atoms with van der Waals surface area (Å²) in [6.07, 6.45) is 11.5. The summed E-state index contributed by atoms with van der Waals surface area (Å²) in [6.45, 7) is 14.2. The maximum Gasteiger partial charge on any atom is 0.136 e. The van der Waals surface area contributed by atoms with Crippen LogP contribution in [0.2, 0.25) is 0 Å². The highest BCUT2D eigenvalue weighted by Crippen LogP contribution is 2.67. The molecule has 2 N–H and O–H groups in total. The molecule has 0 saturated heterocycles. The summed E-state index contributed by atoms with van der Waals surface area (Å²) in [5.41, 5.74) is 0.177. The third-order valence-corrected chi connectivity index (χ3v) is 11.2. The largest absolute Gasteiger partial charge is 0.390 e. The number of ketones is 1. The topological polar surface area (TPSA) is 57.5 Å². The van der Waals surface area contributed by atoms with E-state index < -0.39 is 12.2 Å². The minimum atomic E-state index is -0.733. The molecular formula is C29H48O3. The van der Waals surface area contributed by atoms with Gasteiger partial charge in [-0.15, -0.1) is 0 Å². The quantitative estimate of drug-likeness (QED) is 0.509. The zero-order valence-electron chi connectivity index (χ0n) is 21.4. The molecule has 0 amide bonds. The predicted octanol–water partition coefficient (Wildman–Crippen LogP) is 6.03. The van der Waals surface area contributed by atoms with E-state index in [0.717, 1.165) is 0 Å². The fourth-order valence-corrected chi connectivity index (χ4v) is 9.26. The Morgan fingerprint density at radius 2 is 1.69 bits per heavy atom. The minimum Gasteiger partial charge on any atom is -0.390 e. The molecule has 4 saturated carbocycles. The summed E-state index contributed by atoms with van der Waals surface area (Å²) in [6, 6.07) is 0. The van der Waals surface area contributed by atoms with Crippen LogP contribution in [0.5, 0.6) is 0 Å². The van der Waals surface area contributed by atoms with Crippen LogP contribution in [0.15, 0.2) is 12.2 Å². The van der Waals surface area contributed by atoms with E-state index in [9.17, 15) is 15.0 Å². The van der Waals surface area contributed by atoms with Gasteiger partial charge in [-0.05, 0) is 97.2 Å². The summed E-state index contributed by atoms with van der Waals surface area (Å²) in [5.74, 6) is 4.55. The average molecular weight is 445 g/mol. The molecule has 0 radical (unpaired) electrons. The van der Waals surface area contributed by atoms with Crippen LogP contribution in [-0.2, 0) is 4.79 Å². The molecule has 3 heteroatoms. The first-order chi connectivity index (χ1) is 15.0. The molecule has 4 rings (SSSR count). The Labute approximate surface area is 196 Å². The van der Waals surface area contributed by atoms with E-state index >= 15 is 0 Å². The minimum absolute atomic E-state index is 0.0624. The summed E-state index contributed by atoms with van der Waals surface area (Å²) >= 11 is 0. The second-order valence-corrected chi connectivity index (χ2v) is 13.0. The SMILES string of the molecule is CC[C@H](/C=C/[C@@H](C)[C@H]1CCC2C3CC(=O)[C@H]4C[C@H](O)[C@@H](O)C[C@]4(C)C3CC[C@@]21C)C(C)C. The number of aliphatic hydroxyl groups is 2. The van der Waals surface area contributed by atoms with Gasteiger partial charge >= 0.3 is 0 Å². The lowest BCUT2D eigenvalue weighted by molar-refractivity contribution is -0.173. The van der Waals surface area contributed by atoms with Crippen molar-refractivity contribution in [2.24, 2.45) is 58.2 Å². The molecule has 0 aromatic heterocycles. The highest BCUT2D eigenvalue weighted by Gasteiger charge is 2.63. The van der Waals surface area contributed by atoms with Crippen LogP contribution in [0.3, 0.4) is 0 Å². The summed E-state index contributed by atoms with van der Waals surface area (Å²) < 4.78 is 0. The van der Waals surface area contributed by atoms with Gasteiger partial charge in [0.15, 0.2) is 0 Å². The van der Waals surface area contributed by atoms with Crippen LogP contribution in [0.1, 0.15) is 92.9 Å². The summed E-state index contributed by atoms with van der Waals surface area (Å²) in [7, 11) is 0. The second-order valence-electron chi connectivity index (χ2n) is 13.0. The Morgan fingerprint density at radius 1 is 1.00 bits per heavy atom. The van der Waals surface area contributed by atoms with Crippen molar-refractivity contribution >= 4 is 5.78 Å². The number of carbonyl (C=O) groups excluding carboxylic acids is 1. The van der Waals surface area contributed by atoms with Crippen molar-refractivity contribution < 1.29 is 15.0 Å². The molecular weight excluding hydrogens is 396 g/mol.